The summed E-state index contributed by atoms with van der Waals surface area (Å²) >= 11 is 0. The van der Waals surface area contributed by atoms with E-state index in [1.165, 1.54) is 18.2 Å². The second-order valence-electron chi connectivity index (χ2n) is 8.04. The van der Waals surface area contributed by atoms with Crippen molar-refractivity contribution in [2.75, 3.05) is 0 Å². The van der Waals surface area contributed by atoms with Crippen molar-refractivity contribution in [3.63, 3.8) is 0 Å². The topological polar surface area (TPSA) is 108 Å². The molecule has 2 aromatic rings. The zero-order chi connectivity index (χ0) is 22.6. The van der Waals surface area contributed by atoms with Gasteiger partial charge in [-0.05, 0) is 50.2 Å². The molecule has 3 N–H and O–H groups in total. The highest BCUT2D eigenvalue weighted by Gasteiger charge is 2.55. The molecule has 31 heavy (non-hydrogen) atoms. The Kier molecular flexibility index (Phi) is 4.88. The lowest BCUT2D eigenvalue weighted by Crippen LogP contribution is -2.56. The quantitative estimate of drug-likeness (QED) is 0.717. The second-order valence-corrected chi connectivity index (χ2v) is 8.04. The van der Waals surface area contributed by atoms with Crippen molar-refractivity contribution in [2.45, 2.75) is 50.0 Å². The highest BCUT2D eigenvalue weighted by molar-refractivity contribution is 5.89. The van der Waals surface area contributed by atoms with Gasteiger partial charge in [0.25, 0.3) is 0 Å². The van der Waals surface area contributed by atoms with Crippen LogP contribution in [0.3, 0.4) is 0 Å². The van der Waals surface area contributed by atoms with Crippen LogP contribution >= 0.6 is 0 Å². The van der Waals surface area contributed by atoms with Gasteiger partial charge >= 0.3 is 11.9 Å². The summed E-state index contributed by atoms with van der Waals surface area (Å²) in [6.07, 6.45) is -1.49. The Hall–Kier alpha value is -3.20. The standard InChI is InChI=1S/C22H21F2NO6/c1-11-9-21(25,15-7-13(23)3-5-17(15)29-11)20(28)31-22(19(26)27)10-12(2)30-18-6-4-14(24)8-16(18)22/h3-8,11-12H,9-10,25H2,1-2H3,(H,26,27)/t11-,12-,21?,22?/m1/s1. The number of halogens is 2. The predicted octanol–water partition coefficient (Wildman–Crippen LogP) is 2.98. The van der Waals surface area contributed by atoms with Gasteiger partial charge in [0, 0.05) is 18.4 Å². The van der Waals surface area contributed by atoms with Gasteiger partial charge in [0.05, 0.1) is 11.7 Å². The number of hydrogen-bond acceptors (Lipinski definition) is 6. The third-order valence-corrected chi connectivity index (χ3v) is 5.62. The first-order valence-electron chi connectivity index (χ1n) is 9.74. The van der Waals surface area contributed by atoms with Crippen molar-refractivity contribution >= 4 is 11.9 Å². The molecule has 164 valence electrons. The average Bonchev–Trinajstić information content (AvgIpc) is 2.68. The molecule has 0 aliphatic carbocycles. The maximum Gasteiger partial charge on any atom is 0.353 e. The summed E-state index contributed by atoms with van der Waals surface area (Å²) in [5.74, 6) is -3.64. The Morgan fingerprint density at radius 3 is 2.10 bits per heavy atom. The minimum Gasteiger partial charge on any atom is -0.490 e. The number of nitrogens with two attached hydrogens (primary N) is 1. The van der Waals surface area contributed by atoms with Gasteiger partial charge in [0.2, 0.25) is 5.60 Å². The Balaban J connectivity index is 1.81. The molecule has 0 bridgehead atoms. The molecule has 2 aliphatic heterocycles. The maximum absolute atomic E-state index is 14.0. The molecular weight excluding hydrogens is 412 g/mol. The third kappa shape index (κ3) is 3.38. The van der Waals surface area contributed by atoms with Crippen LogP contribution in [0.2, 0.25) is 0 Å². The van der Waals surface area contributed by atoms with Crippen molar-refractivity contribution in [2.24, 2.45) is 5.73 Å². The number of fused-ring (bicyclic) bond motifs is 2. The van der Waals surface area contributed by atoms with Gasteiger partial charge in [-0.15, -0.1) is 0 Å². The average molecular weight is 433 g/mol. The van der Waals surface area contributed by atoms with E-state index in [-0.39, 0.29) is 35.5 Å². The fourth-order valence-corrected chi connectivity index (χ4v) is 4.25. The van der Waals surface area contributed by atoms with Crippen LogP contribution in [0.15, 0.2) is 36.4 Å². The lowest BCUT2D eigenvalue weighted by molar-refractivity contribution is -0.191. The molecule has 2 aromatic carbocycles. The minimum absolute atomic E-state index is 0.0516. The number of carboxylic acid groups (broad SMARTS) is 1. The monoisotopic (exact) mass is 433 g/mol. The van der Waals surface area contributed by atoms with Gasteiger partial charge < -0.3 is 25.1 Å². The number of hydrogen-bond donors (Lipinski definition) is 2. The van der Waals surface area contributed by atoms with Crippen LogP contribution in [-0.4, -0.2) is 29.3 Å². The first-order chi connectivity index (χ1) is 14.5. The first-order valence-corrected chi connectivity index (χ1v) is 9.74. The summed E-state index contributed by atoms with van der Waals surface area (Å²) in [4.78, 5) is 25.8. The second kappa shape index (κ2) is 7.19. The number of ether oxygens (including phenoxy) is 3. The highest BCUT2D eigenvalue weighted by atomic mass is 19.1. The summed E-state index contributed by atoms with van der Waals surface area (Å²) in [5.41, 5.74) is 2.24. The van der Waals surface area contributed by atoms with Crippen LogP contribution in [-0.2, 0) is 25.5 Å². The van der Waals surface area contributed by atoms with Crippen molar-refractivity contribution in [1.82, 2.24) is 0 Å². The van der Waals surface area contributed by atoms with Gasteiger partial charge in [-0.2, -0.15) is 0 Å². The van der Waals surface area contributed by atoms with Crippen molar-refractivity contribution in [3.05, 3.63) is 59.2 Å². The van der Waals surface area contributed by atoms with E-state index in [1.807, 2.05) is 0 Å². The lowest BCUT2D eigenvalue weighted by Gasteiger charge is -2.42. The molecule has 2 unspecified atom stereocenters. The van der Waals surface area contributed by atoms with E-state index in [1.54, 1.807) is 13.8 Å². The number of carbonyl (C=O) groups excluding carboxylic acids is 1. The van der Waals surface area contributed by atoms with E-state index in [0.717, 1.165) is 18.2 Å². The third-order valence-electron chi connectivity index (χ3n) is 5.62. The van der Waals surface area contributed by atoms with Gasteiger partial charge in [-0.25, -0.2) is 18.4 Å². The molecule has 0 spiro atoms. The number of carbonyl (C=O) groups is 2. The number of rotatable bonds is 3. The molecule has 2 aliphatic rings. The van der Waals surface area contributed by atoms with Gasteiger partial charge in [0.15, 0.2) is 0 Å². The molecule has 0 radical (unpaired) electrons. The van der Waals surface area contributed by atoms with Gasteiger partial charge in [-0.3, -0.25) is 0 Å². The van der Waals surface area contributed by atoms with E-state index >= 15 is 0 Å². The minimum atomic E-state index is -2.23. The Morgan fingerprint density at radius 1 is 1.00 bits per heavy atom. The molecule has 0 saturated carbocycles. The fourth-order valence-electron chi connectivity index (χ4n) is 4.25. The van der Waals surface area contributed by atoms with E-state index in [4.69, 9.17) is 19.9 Å². The van der Waals surface area contributed by atoms with E-state index in [0.29, 0.717) is 0 Å². The maximum atomic E-state index is 14.0. The molecule has 4 atom stereocenters. The van der Waals surface area contributed by atoms with E-state index in [9.17, 15) is 23.5 Å². The molecule has 4 rings (SSSR count). The van der Waals surface area contributed by atoms with Gasteiger partial charge in [0.1, 0.15) is 34.8 Å². The SMILES string of the molecule is C[C@@H]1CC(N)(C(=O)OC2(C(=O)O)C[C@@H](C)Oc3ccc(F)cc32)c2cc(F)ccc2O1. The normalized spacial score (nSPS) is 29.1. The van der Waals surface area contributed by atoms with Crippen molar-refractivity contribution in [1.29, 1.82) is 0 Å². The van der Waals surface area contributed by atoms with Crippen LogP contribution in [0.25, 0.3) is 0 Å². The number of carboxylic acids is 1. The van der Waals surface area contributed by atoms with Crippen molar-refractivity contribution < 1.29 is 37.7 Å². The van der Waals surface area contributed by atoms with Crippen LogP contribution in [0.4, 0.5) is 8.78 Å². The summed E-state index contributed by atoms with van der Waals surface area (Å²) in [6, 6.07) is 6.95. The smallest absolute Gasteiger partial charge is 0.353 e. The Labute approximate surface area is 176 Å². The molecular formula is C22H21F2NO6. The van der Waals surface area contributed by atoms with Crippen LogP contribution in [0.1, 0.15) is 37.8 Å². The van der Waals surface area contributed by atoms with Crippen LogP contribution in [0.5, 0.6) is 11.5 Å². The zero-order valence-corrected chi connectivity index (χ0v) is 16.9. The number of esters is 1. The molecule has 0 fully saturated rings. The lowest BCUT2D eigenvalue weighted by atomic mass is 9.81. The molecule has 0 saturated heterocycles. The number of aliphatic carboxylic acids is 1. The Bertz CT molecular complexity index is 1080. The van der Waals surface area contributed by atoms with Gasteiger partial charge in [-0.1, -0.05) is 0 Å². The highest BCUT2D eigenvalue weighted by Crippen LogP contribution is 2.46. The summed E-state index contributed by atoms with van der Waals surface area (Å²) < 4.78 is 44.8. The molecule has 7 nitrogen and oxygen atoms in total. The van der Waals surface area contributed by atoms with E-state index < -0.39 is 46.9 Å². The molecule has 2 heterocycles. The summed E-state index contributed by atoms with van der Waals surface area (Å²) in [5, 5.41) is 10.1. The molecule has 0 aromatic heterocycles. The predicted molar refractivity (Wildman–Crippen MR) is 103 cm³/mol. The number of benzene rings is 2. The van der Waals surface area contributed by atoms with Crippen LogP contribution in [0, 0.1) is 11.6 Å². The molecule has 0 amide bonds. The van der Waals surface area contributed by atoms with E-state index in [2.05, 4.69) is 0 Å². The molecule has 9 heteroatoms. The Morgan fingerprint density at radius 2 is 1.52 bits per heavy atom. The summed E-state index contributed by atoms with van der Waals surface area (Å²) in [6.45, 7) is 3.28. The fraction of sp³-hybridized carbons (Fsp3) is 0.364. The zero-order valence-electron chi connectivity index (χ0n) is 16.9. The first kappa shape index (κ1) is 21.0. The van der Waals surface area contributed by atoms with Crippen molar-refractivity contribution in [3.8, 4) is 11.5 Å². The largest absolute Gasteiger partial charge is 0.490 e. The summed E-state index contributed by atoms with van der Waals surface area (Å²) in [7, 11) is 0. The van der Waals surface area contributed by atoms with Crippen LogP contribution < -0.4 is 15.2 Å².